The molecule has 1 amide bonds. The van der Waals surface area contributed by atoms with Crippen molar-refractivity contribution in [1.82, 2.24) is 10.3 Å². The van der Waals surface area contributed by atoms with Gasteiger partial charge in [0.1, 0.15) is 0 Å². The van der Waals surface area contributed by atoms with Gasteiger partial charge in [-0.2, -0.15) is 0 Å². The Kier molecular flexibility index (Phi) is 2.48. The van der Waals surface area contributed by atoms with Gasteiger partial charge in [-0.15, -0.1) is 0 Å². The van der Waals surface area contributed by atoms with Crippen LogP contribution < -0.4 is 5.32 Å². The van der Waals surface area contributed by atoms with Crippen LogP contribution in [0.5, 0.6) is 0 Å². The van der Waals surface area contributed by atoms with Crippen LogP contribution in [0.4, 0.5) is 0 Å². The number of amides is 1. The molecule has 4 heteroatoms. The van der Waals surface area contributed by atoms with Crippen molar-refractivity contribution in [2.75, 3.05) is 0 Å². The van der Waals surface area contributed by atoms with E-state index in [2.05, 4.69) is 10.3 Å². The smallest absolute Gasteiger partial charge is 0.253 e. The molecule has 0 bridgehead atoms. The van der Waals surface area contributed by atoms with Gasteiger partial charge in [0, 0.05) is 17.6 Å². The minimum absolute atomic E-state index is 0.0942. The Labute approximate surface area is 104 Å². The van der Waals surface area contributed by atoms with Crippen molar-refractivity contribution >= 4 is 28.4 Å². The fourth-order valence-electron chi connectivity index (χ4n) is 1.78. The summed E-state index contributed by atoms with van der Waals surface area (Å²) in [5, 5.41) is 4.23. The van der Waals surface area contributed by atoms with Gasteiger partial charge in [0.15, 0.2) is 0 Å². The Morgan fingerprint density at radius 1 is 1.35 bits per heavy atom. The lowest BCUT2D eigenvalue weighted by Crippen LogP contribution is -2.25. The number of pyridine rings is 1. The van der Waals surface area contributed by atoms with Crippen LogP contribution in [0.1, 0.15) is 23.2 Å². The molecule has 0 radical (unpaired) electrons. The number of benzene rings is 1. The van der Waals surface area contributed by atoms with Crippen molar-refractivity contribution in [2.45, 2.75) is 18.9 Å². The lowest BCUT2D eigenvalue weighted by molar-refractivity contribution is 0.0951. The maximum absolute atomic E-state index is 11.9. The van der Waals surface area contributed by atoms with E-state index in [1.54, 1.807) is 12.3 Å². The molecule has 0 spiro atoms. The summed E-state index contributed by atoms with van der Waals surface area (Å²) in [5.41, 5.74) is 1.33. The maximum atomic E-state index is 11.9. The summed E-state index contributed by atoms with van der Waals surface area (Å²) in [4.78, 5) is 16.1. The number of fused-ring (bicyclic) bond motifs is 1. The molecule has 0 atom stereocenters. The molecule has 3 nitrogen and oxygen atoms in total. The zero-order valence-corrected chi connectivity index (χ0v) is 9.87. The lowest BCUT2D eigenvalue weighted by Gasteiger charge is -2.07. The van der Waals surface area contributed by atoms with Crippen LogP contribution in [0.2, 0.25) is 5.02 Å². The van der Waals surface area contributed by atoms with Gasteiger partial charge in [-0.25, -0.2) is 0 Å². The molecular formula is C13H11ClN2O. The normalized spacial score (nSPS) is 14.9. The summed E-state index contributed by atoms with van der Waals surface area (Å²) in [6.07, 6.45) is 3.85. The molecule has 0 aliphatic heterocycles. The lowest BCUT2D eigenvalue weighted by atomic mass is 10.1. The van der Waals surface area contributed by atoms with Crippen LogP contribution in [0, 0.1) is 0 Å². The number of rotatable bonds is 2. The number of carbonyl (C=O) groups excluding carboxylic acids is 1. The molecule has 1 aliphatic carbocycles. The monoisotopic (exact) mass is 246 g/mol. The highest BCUT2D eigenvalue weighted by molar-refractivity contribution is 6.38. The van der Waals surface area contributed by atoms with E-state index in [1.807, 2.05) is 18.2 Å². The summed E-state index contributed by atoms with van der Waals surface area (Å²) in [5.74, 6) is -0.0942. The standard InChI is InChI=1S/C13H11ClN2O/c14-12-9-2-1-7-15-11(9)6-5-10(12)13(17)16-8-3-4-8/h1-2,5-8H,3-4H2,(H,16,17). The van der Waals surface area contributed by atoms with Gasteiger partial charge in [0.05, 0.1) is 16.1 Å². The summed E-state index contributed by atoms with van der Waals surface area (Å²) in [6.45, 7) is 0. The van der Waals surface area contributed by atoms with Gasteiger partial charge in [0.2, 0.25) is 0 Å². The first-order valence-corrected chi connectivity index (χ1v) is 5.97. The summed E-state index contributed by atoms with van der Waals surface area (Å²) < 4.78 is 0. The Morgan fingerprint density at radius 2 is 2.18 bits per heavy atom. The highest BCUT2D eigenvalue weighted by atomic mass is 35.5. The molecule has 0 saturated heterocycles. The van der Waals surface area contributed by atoms with Crippen LogP contribution in [-0.4, -0.2) is 16.9 Å². The maximum Gasteiger partial charge on any atom is 0.253 e. The zero-order valence-electron chi connectivity index (χ0n) is 9.11. The number of hydrogen-bond acceptors (Lipinski definition) is 2. The van der Waals surface area contributed by atoms with Crippen molar-refractivity contribution in [3.05, 3.63) is 41.0 Å². The number of carbonyl (C=O) groups is 1. The SMILES string of the molecule is O=C(NC1CC1)c1ccc2ncccc2c1Cl. The first kappa shape index (κ1) is 10.5. The molecule has 1 N–H and O–H groups in total. The predicted molar refractivity (Wildman–Crippen MR) is 67.2 cm³/mol. The fraction of sp³-hybridized carbons (Fsp3) is 0.231. The molecular weight excluding hydrogens is 236 g/mol. The molecule has 1 aromatic heterocycles. The van der Waals surface area contributed by atoms with Crippen LogP contribution in [0.3, 0.4) is 0 Å². The second kappa shape index (κ2) is 4.00. The number of hydrogen-bond donors (Lipinski definition) is 1. The third-order valence-corrected chi connectivity index (χ3v) is 3.28. The Balaban J connectivity index is 2.04. The van der Waals surface area contributed by atoms with E-state index in [9.17, 15) is 4.79 Å². The first-order chi connectivity index (χ1) is 8.25. The van der Waals surface area contributed by atoms with Gasteiger partial charge in [-0.1, -0.05) is 11.6 Å². The number of aromatic nitrogens is 1. The Bertz CT molecular complexity index is 593. The van der Waals surface area contributed by atoms with Crippen molar-refractivity contribution in [3.8, 4) is 0 Å². The van der Waals surface area contributed by atoms with Crippen molar-refractivity contribution in [3.63, 3.8) is 0 Å². The van der Waals surface area contributed by atoms with E-state index in [1.165, 1.54) is 0 Å². The number of nitrogens with one attached hydrogen (secondary N) is 1. The van der Waals surface area contributed by atoms with Gasteiger partial charge < -0.3 is 5.32 Å². The minimum atomic E-state index is -0.0942. The van der Waals surface area contributed by atoms with Gasteiger partial charge in [-0.3, -0.25) is 9.78 Å². The van der Waals surface area contributed by atoms with E-state index < -0.39 is 0 Å². The van der Waals surface area contributed by atoms with E-state index in [-0.39, 0.29) is 5.91 Å². The Hall–Kier alpha value is -1.61. The number of halogens is 1. The van der Waals surface area contributed by atoms with E-state index in [0.29, 0.717) is 16.6 Å². The summed E-state index contributed by atoms with van der Waals surface area (Å²) in [7, 11) is 0. The van der Waals surface area contributed by atoms with E-state index in [4.69, 9.17) is 11.6 Å². The largest absolute Gasteiger partial charge is 0.349 e. The van der Waals surface area contributed by atoms with E-state index in [0.717, 1.165) is 23.7 Å². The average Bonchev–Trinajstić information content (AvgIpc) is 3.13. The molecule has 17 heavy (non-hydrogen) atoms. The van der Waals surface area contributed by atoms with Gasteiger partial charge >= 0.3 is 0 Å². The summed E-state index contributed by atoms with van der Waals surface area (Å²) >= 11 is 6.24. The van der Waals surface area contributed by atoms with Crippen molar-refractivity contribution < 1.29 is 4.79 Å². The van der Waals surface area contributed by atoms with Crippen LogP contribution >= 0.6 is 11.6 Å². The molecule has 1 aromatic carbocycles. The minimum Gasteiger partial charge on any atom is -0.349 e. The highest BCUT2D eigenvalue weighted by Gasteiger charge is 2.25. The highest BCUT2D eigenvalue weighted by Crippen LogP contribution is 2.27. The second-order valence-electron chi connectivity index (χ2n) is 4.24. The third kappa shape index (κ3) is 1.98. The molecule has 1 aliphatic rings. The average molecular weight is 247 g/mol. The van der Waals surface area contributed by atoms with Crippen molar-refractivity contribution in [2.24, 2.45) is 0 Å². The molecule has 86 valence electrons. The van der Waals surface area contributed by atoms with Crippen LogP contribution in [0.15, 0.2) is 30.5 Å². The molecule has 1 fully saturated rings. The molecule has 0 unspecified atom stereocenters. The topological polar surface area (TPSA) is 42.0 Å². The predicted octanol–water partition coefficient (Wildman–Crippen LogP) is 2.78. The molecule has 1 saturated carbocycles. The molecule has 1 heterocycles. The molecule has 2 aromatic rings. The molecule has 3 rings (SSSR count). The van der Waals surface area contributed by atoms with E-state index >= 15 is 0 Å². The number of nitrogens with zero attached hydrogens (tertiary/aromatic N) is 1. The van der Waals surface area contributed by atoms with Crippen LogP contribution in [-0.2, 0) is 0 Å². The first-order valence-electron chi connectivity index (χ1n) is 5.60. The third-order valence-electron chi connectivity index (χ3n) is 2.88. The van der Waals surface area contributed by atoms with Gasteiger partial charge in [-0.05, 0) is 37.1 Å². The van der Waals surface area contributed by atoms with Crippen molar-refractivity contribution in [1.29, 1.82) is 0 Å². The van der Waals surface area contributed by atoms with Gasteiger partial charge in [0.25, 0.3) is 5.91 Å². The zero-order chi connectivity index (χ0) is 11.8. The Morgan fingerprint density at radius 3 is 2.94 bits per heavy atom. The summed E-state index contributed by atoms with van der Waals surface area (Å²) in [6, 6.07) is 7.58. The quantitative estimate of drug-likeness (QED) is 0.885. The second-order valence-corrected chi connectivity index (χ2v) is 4.62. The van der Waals surface area contributed by atoms with Crippen LogP contribution in [0.25, 0.3) is 10.9 Å². The fourth-order valence-corrected chi connectivity index (χ4v) is 2.09.